The van der Waals surface area contributed by atoms with Gasteiger partial charge >= 0.3 is 6.09 Å². The molecule has 2 aromatic rings. The van der Waals surface area contributed by atoms with Crippen LogP contribution in [0.25, 0.3) is 0 Å². The third kappa shape index (κ3) is 6.79. The van der Waals surface area contributed by atoms with Crippen molar-refractivity contribution >= 4 is 35.0 Å². The summed E-state index contributed by atoms with van der Waals surface area (Å²) in [4.78, 5) is 28.9. The number of nitrogens with zero attached hydrogens (tertiary/aromatic N) is 1. The number of pyridine rings is 1. The fourth-order valence-corrected chi connectivity index (χ4v) is 2.44. The van der Waals surface area contributed by atoms with Gasteiger partial charge in [0, 0.05) is 23.3 Å². The number of imide groups is 1. The van der Waals surface area contributed by atoms with Crippen molar-refractivity contribution in [2.45, 2.75) is 38.8 Å². The molecular formula is C19H23ClN4O3. The van der Waals surface area contributed by atoms with Crippen LogP contribution in [0, 0.1) is 0 Å². The molecule has 2 rings (SSSR count). The minimum atomic E-state index is -0.820. The molecule has 0 aliphatic rings. The van der Waals surface area contributed by atoms with E-state index in [1.807, 2.05) is 6.07 Å². The highest BCUT2D eigenvalue weighted by molar-refractivity contribution is 6.31. The summed E-state index contributed by atoms with van der Waals surface area (Å²) in [6, 6.07) is 9.47. The zero-order valence-electron chi connectivity index (χ0n) is 15.5. The maximum Gasteiger partial charge on any atom is 0.414 e. The lowest BCUT2D eigenvalue weighted by Crippen LogP contribution is -2.45. The van der Waals surface area contributed by atoms with E-state index >= 15 is 0 Å². The first-order valence-electron chi connectivity index (χ1n) is 8.39. The molecular weight excluding hydrogens is 368 g/mol. The molecule has 4 N–H and O–H groups in total. The Labute approximate surface area is 163 Å². The Morgan fingerprint density at radius 2 is 2.00 bits per heavy atom. The van der Waals surface area contributed by atoms with Crippen LogP contribution in [-0.2, 0) is 16.0 Å². The molecule has 0 saturated heterocycles. The van der Waals surface area contributed by atoms with E-state index in [9.17, 15) is 9.59 Å². The molecule has 0 spiro atoms. The number of aromatic nitrogens is 1. The average Bonchev–Trinajstić information content (AvgIpc) is 2.56. The number of ether oxygens (including phenoxy) is 1. The molecule has 1 heterocycles. The van der Waals surface area contributed by atoms with Crippen LogP contribution < -0.4 is 16.4 Å². The van der Waals surface area contributed by atoms with Crippen LogP contribution in [0.1, 0.15) is 26.5 Å². The monoisotopic (exact) mass is 390 g/mol. The van der Waals surface area contributed by atoms with Crippen LogP contribution in [0.15, 0.2) is 42.6 Å². The summed E-state index contributed by atoms with van der Waals surface area (Å²) in [5, 5.41) is 5.75. The standard InChI is InChI=1S/C19H23ClN4O3/c1-19(2,3)27-18(26)24-17(25)16(11-13-6-4-5-9-22-13)23-15-10-12(20)7-8-14(15)21/h4-10,16,23H,11,21H2,1-3H3,(H,24,25,26)/t16-/m0/s1. The number of nitrogen functional groups attached to an aromatic ring is 1. The number of carbonyl (C=O) groups is 2. The summed E-state index contributed by atoms with van der Waals surface area (Å²) >= 11 is 6.01. The van der Waals surface area contributed by atoms with Crippen molar-refractivity contribution in [1.82, 2.24) is 10.3 Å². The predicted molar refractivity (Wildman–Crippen MR) is 106 cm³/mol. The van der Waals surface area contributed by atoms with Gasteiger partial charge < -0.3 is 15.8 Å². The molecule has 1 atom stereocenters. The number of rotatable bonds is 5. The molecule has 27 heavy (non-hydrogen) atoms. The Morgan fingerprint density at radius 1 is 1.26 bits per heavy atom. The summed E-state index contributed by atoms with van der Waals surface area (Å²) in [7, 11) is 0. The Morgan fingerprint density at radius 3 is 2.63 bits per heavy atom. The van der Waals surface area contributed by atoms with Gasteiger partial charge in [-0.15, -0.1) is 0 Å². The van der Waals surface area contributed by atoms with Gasteiger partial charge in [0.05, 0.1) is 11.4 Å². The van der Waals surface area contributed by atoms with Crippen LogP contribution in [0.4, 0.5) is 16.2 Å². The molecule has 2 amide bonds. The highest BCUT2D eigenvalue weighted by Crippen LogP contribution is 2.24. The Hall–Kier alpha value is -2.80. The number of alkyl carbamates (subject to hydrolysis) is 1. The predicted octanol–water partition coefficient (Wildman–Crippen LogP) is 3.39. The Bertz CT molecular complexity index is 806. The molecule has 1 aromatic heterocycles. The first-order valence-corrected chi connectivity index (χ1v) is 8.77. The Balaban J connectivity index is 2.19. The van der Waals surface area contributed by atoms with Crippen molar-refractivity contribution in [1.29, 1.82) is 0 Å². The van der Waals surface area contributed by atoms with E-state index in [1.165, 1.54) is 0 Å². The highest BCUT2D eigenvalue weighted by Gasteiger charge is 2.25. The maximum absolute atomic E-state index is 12.7. The van der Waals surface area contributed by atoms with E-state index in [-0.39, 0.29) is 6.42 Å². The zero-order chi connectivity index (χ0) is 20.0. The lowest BCUT2D eigenvalue weighted by Gasteiger charge is -2.22. The van der Waals surface area contributed by atoms with Crippen molar-refractivity contribution in [3.05, 3.63) is 53.3 Å². The molecule has 8 heteroatoms. The number of carbonyl (C=O) groups excluding carboxylic acids is 2. The number of hydrogen-bond donors (Lipinski definition) is 3. The second kappa shape index (κ2) is 8.73. The number of hydrogen-bond acceptors (Lipinski definition) is 6. The summed E-state index contributed by atoms with van der Waals surface area (Å²) in [6.45, 7) is 5.15. The van der Waals surface area contributed by atoms with Crippen molar-refractivity contribution in [3.63, 3.8) is 0 Å². The largest absolute Gasteiger partial charge is 0.444 e. The third-order valence-corrected chi connectivity index (χ3v) is 3.66. The molecule has 0 saturated carbocycles. The van der Waals surface area contributed by atoms with Gasteiger partial charge in [0.2, 0.25) is 0 Å². The molecule has 7 nitrogen and oxygen atoms in total. The van der Waals surface area contributed by atoms with Gasteiger partial charge in [0.25, 0.3) is 5.91 Å². The molecule has 1 aromatic carbocycles. The smallest absolute Gasteiger partial charge is 0.414 e. The molecule has 0 unspecified atom stereocenters. The summed E-state index contributed by atoms with van der Waals surface area (Å²) in [5.74, 6) is -0.561. The molecule has 0 aliphatic carbocycles. The quantitative estimate of drug-likeness (QED) is 0.675. The number of amides is 2. The highest BCUT2D eigenvalue weighted by atomic mass is 35.5. The van der Waals surface area contributed by atoms with Crippen LogP contribution in [-0.4, -0.2) is 28.6 Å². The van der Waals surface area contributed by atoms with E-state index in [0.29, 0.717) is 22.1 Å². The minimum absolute atomic E-state index is 0.238. The molecule has 0 radical (unpaired) electrons. The van der Waals surface area contributed by atoms with Gasteiger partial charge in [-0.1, -0.05) is 17.7 Å². The Kier molecular flexibility index (Phi) is 6.63. The third-order valence-electron chi connectivity index (χ3n) is 3.43. The van der Waals surface area contributed by atoms with Crippen LogP contribution in [0.5, 0.6) is 0 Å². The van der Waals surface area contributed by atoms with E-state index in [0.717, 1.165) is 0 Å². The molecule has 0 aliphatic heterocycles. The van der Waals surface area contributed by atoms with Gasteiger partial charge in [-0.3, -0.25) is 15.1 Å². The van der Waals surface area contributed by atoms with Gasteiger partial charge in [0.1, 0.15) is 11.6 Å². The molecule has 0 fully saturated rings. The number of halogens is 1. The van der Waals surface area contributed by atoms with Crippen molar-refractivity contribution in [2.24, 2.45) is 0 Å². The summed E-state index contributed by atoms with van der Waals surface area (Å²) < 4.78 is 5.14. The van der Waals surface area contributed by atoms with Crippen molar-refractivity contribution in [2.75, 3.05) is 11.1 Å². The average molecular weight is 391 g/mol. The zero-order valence-corrected chi connectivity index (χ0v) is 16.2. The van der Waals surface area contributed by atoms with Crippen molar-refractivity contribution in [3.8, 4) is 0 Å². The topological polar surface area (TPSA) is 106 Å². The molecule has 0 bridgehead atoms. The lowest BCUT2D eigenvalue weighted by atomic mass is 10.1. The van der Waals surface area contributed by atoms with Crippen molar-refractivity contribution < 1.29 is 14.3 Å². The van der Waals surface area contributed by atoms with Gasteiger partial charge in [0.15, 0.2) is 0 Å². The maximum atomic E-state index is 12.7. The fourth-order valence-electron chi connectivity index (χ4n) is 2.27. The molecule has 144 valence electrons. The van der Waals surface area contributed by atoms with E-state index in [2.05, 4.69) is 15.6 Å². The fraction of sp³-hybridized carbons (Fsp3) is 0.316. The second-order valence-corrected chi connectivity index (χ2v) is 7.38. The number of anilines is 2. The van der Waals surface area contributed by atoms with Crippen LogP contribution in [0.2, 0.25) is 5.02 Å². The SMILES string of the molecule is CC(C)(C)OC(=O)NC(=O)[C@H](Cc1ccccn1)Nc1cc(Cl)ccc1N. The van der Waals surface area contributed by atoms with E-state index in [4.69, 9.17) is 22.1 Å². The summed E-state index contributed by atoms with van der Waals surface area (Å²) in [5.41, 5.74) is 6.83. The summed E-state index contributed by atoms with van der Waals surface area (Å²) in [6.07, 6.45) is 1.05. The van der Waals surface area contributed by atoms with Crippen LogP contribution in [0.3, 0.4) is 0 Å². The lowest BCUT2D eigenvalue weighted by molar-refractivity contribution is -0.121. The first kappa shape index (κ1) is 20.5. The number of benzene rings is 1. The first-order chi connectivity index (χ1) is 12.6. The van der Waals surface area contributed by atoms with Gasteiger partial charge in [-0.05, 0) is 51.1 Å². The van der Waals surface area contributed by atoms with E-state index < -0.39 is 23.6 Å². The number of nitrogens with one attached hydrogen (secondary N) is 2. The van der Waals surface area contributed by atoms with Gasteiger partial charge in [-0.2, -0.15) is 0 Å². The normalized spacial score (nSPS) is 12.1. The van der Waals surface area contributed by atoms with Gasteiger partial charge in [-0.25, -0.2) is 4.79 Å². The van der Waals surface area contributed by atoms with E-state index in [1.54, 1.807) is 57.3 Å². The van der Waals surface area contributed by atoms with Crippen LogP contribution >= 0.6 is 11.6 Å². The minimum Gasteiger partial charge on any atom is -0.444 e. The number of nitrogens with two attached hydrogens (primary N) is 1. The second-order valence-electron chi connectivity index (χ2n) is 6.94.